The molecule has 0 unspecified atom stereocenters. The summed E-state index contributed by atoms with van der Waals surface area (Å²) in [6.07, 6.45) is 0. The van der Waals surface area contributed by atoms with Gasteiger partial charge in [-0.2, -0.15) is 0 Å². The van der Waals surface area contributed by atoms with Crippen molar-refractivity contribution < 1.29 is 4.79 Å². The average Bonchev–Trinajstić information content (AvgIpc) is 3.03. The Hall–Kier alpha value is -2.09. The van der Waals surface area contributed by atoms with Crippen molar-refractivity contribution in [2.45, 2.75) is 17.0 Å². The monoisotopic (exact) mass is 390 g/mol. The number of anilines is 2. The molecule has 3 aromatic rings. The molecule has 0 bridgehead atoms. The summed E-state index contributed by atoms with van der Waals surface area (Å²) in [4.78, 5) is 12.0. The van der Waals surface area contributed by atoms with Crippen LogP contribution in [0.2, 0.25) is 5.02 Å². The molecular weight excluding hydrogens is 376 g/mol. The van der Waals surface area contributed by atoms with Gasteiger partial charge in [0.05, 0.1) is 0 Å². The van der Waals surface area contributed by atoms with E-state index < -0.39 is 0 Å². The Balaban J connectivity index is 1.53. The van der Waals surface area contributed by atoms with Crippen LogP contribution in [0.15, 0.2) is 52.9 Å². The number of hydrogen-bond acceptors (Lipinski definition) is 5. The SMILES string of the molecule is Cc1ccc(NC(=O)Nc2nnc(SCc3ccccc3Cl)s2)cc1. The third-order valence-corrected chi connectivity index (χ3v) is 5.63. The summed E-state index contributed by atoms with van der Waals surface area (Å²) in [5.74, 6) is 0.698. The van der Waals surface area contributed by atoms with Gasteiger partial charge in [-0.1, -0.05) is 70.6 Å². The minimum atomic E-state index is -0.345. The summed E-state index contributed by atoms with van der Waals surface area (Å²) in [6, 6.07) is 14.9. The fourth-order valence-corrected chi connectivity index (χ4v) is 4.00. The maximum absolute atomic E-state index is 12.0. The first kappa shape index (κ1) is 17.7. The molecule has 8 heteroatoms. The van der Waals surface area contributed by atoms with Crippen molar-refractivity contribution in [3.05, 3.63) is 64.7 Å². The van der Waals surface area contributed by atoms with Crippen LogP contribution < -0.4 is 10.6 Å². The Labute approximate surface area is 158 Å². The van der Waals surface area contributed by atoms with Crippen LogP contribution in [0.1, 0.15) is 11.1 Å². The molecule has 1 heterocycles. The molecule has 0 fully saturated rings. The molecule has 0 spiro atoms. The molecule has 0 atom stereocenters. The number of aromatic nitrogens is 2. The van der Waals surface area contributed by atoms with Gasteiger partial charge in [0.2, 0.25) is 5.13 Å². The number of hydrogen-bond donors (Lipinski definition) is 2. The molecule has 0 radical (unpaired) electrons. The second-order valence-electron chi connectivity index (χ2n) is 5.20. The maximum Gasteiger partial charge on any atom is 0.325 e. The molecule has 2 N–H and O–H groups in total. The Morgan fingerprint density at radius 3 is 2.64 bits per heavy atom. The van der Waals surface area contributed by atoms with Gasteiger partial charge in [-0.05, 0) is 30.7 Å². The second kappa shape index (κ2) is 8.33. The van der Waals surface area contributed by atoms with Gasteiger partial charge < -0.3 is 5.32 Å². The molecule has 0 aliphatic heterocycles. The lowest BCUT2D eigenvalue weighted by Crippen LogP contribution is -2.19. The highest BCUT2D eigenvalue weighted by Gasteiger charge is 2.09. The van der Waals surface area contributed by atoms with E-state index in [0.717, 1.165) is 26.2 Å². The Morgan fingerprint density at radius 1 is 1.12 bits per heavy atom. The predicted molar refractivity (Wildman–Crippen MR) is 105 cm³/mol. The van der Waals surface area contributed by atoms with E-state index in [0.29, 0.717) is 10.9 Å². The van der Waals surface area contributed by atoms with Crippen molar-refractivity contribution in [2.24, 2.45) is 0 Å². The lowest BCUT2D eigenvalue weighted by molar-refractivity contribution is 0.262. The molecule has 0 saturated heterocycles. The number of rotatable bonds is 5. The number of thioether (sulfide) groups is 1. The summed E-state index contributed by atoms with van der Waals surface area (Å²) in [5.41, 5.74) is 2.90. The van der Waals surface area contributed by atoms with Crippen LogP contribution in [-0.4, -0.2) is 16.2 Å². The van der Waals surface area contributed by atoms with E-state index in [1.807, 2.05) is 55.5 Å². The van der Waals surface area contributed by atoms with Crippen LogP contribution in [0.5, 0.6) is 0 Å². The summed E-state index contributed by atoms with van der Waals surface area (Å²) in [7, 11) is 0. The number of carbonyl (C=O) groups is 1. The van der Waals surface area contributed by atoms with Crippen molar-refractivity contribution in [1.29, 1.82) is 0 Å². The van der Waals surface area contributed by atoms with Gasteiger partial charge in [0.1, 0.15) is 0 Å². The molecule has 5 nitrogen and oxygen atoms in total. The zero-order valence-electron chi connectivity index (χ0n) is 13.3. The predicted octanol–water partition coefficient (Wildman–Crippen LogP) is 5.44. The number of halogens is 1. The zero-order valence-corrected chi connectivity index (χ0v) is 15.7. The van der Waals surface area contributed by atoms with Crippen LogP contribution in [-0.2, 0) is 5.75 Å². The molecule has 1 aromatic heterocycles. The van der Waals surface area contributed by atoms with Crippen LogP contribution in [0, 0.1) is 6.92 Å². The Kier molecular flexibility index (Phi) is 5.91. The molecule has 25 heavy (non-hydrogen) atoms. The van der Waals surface area contributed by atoms with Crippen LogP contribution >= 0.6 is 34.7 Å². The standard InChI is InChI=1S/C17H15ClN4OS2/c1-11-6-8-13(9-7-11)19-15(23)20-16-21-22-17(25-16)24-10-12-4-2-3-5-14(12)18/h2-9H,10H2,1H3,(H2,19,20,21,23). The highest BCUT2D eigenvalue weighted by molar-refractivity contribution is 8.00. The number of nitrogens with one attached hydrogen (secondary N) is 2. The smallest absolute Gasteiger partial charge is 0.308 e. The van der Waals surface area contributed by atoms with Gasteiger partial charge in [0, 0.05) is 16.5 Å². The number of nitrogens with zero attached hydrogens (tertiary/aromatic N) is 2. The lowest BCUT2D eigenvalue weighted by atomic mass is 10.2. The van der Waals surface area contributed by atoms with Gasteiger partial charge in [-0.3, -0.25) is 5.32 Å². The first-order valence-corrected chi connectivity index (χ1v) is 9.62. The number of benzene rings is 2. The van der Waals surface area contributed by atoms with Gasteiger partial charge >= 0.3 is 6.03 Å². The van der Waals surface area contributed by atoms with E-state index in [4.69, 9.17) is 11.6 Å². The largest absolute Gasteiger partial charge is 0.325 e. The maximum atomic E-state index is 12.0. The van der Waals surface area contributed by atoms with E-state index in [-0.39, 0.29) is 6.03 Å². The third-order valence-electron chi connectivity index (χ3n) is 3.25. The Morgan fingerprint density at radius 2 is 1.88 bits per heavy atom. The quantitative estimate of drug-likeness (QED) is 0.450. The fraction of sp³-hybridized carbons (Fsp3) is 0.118. The topological polar surface area (TPSA) is 66.9 Å². The normalized spacial score (nSPS) is 10.5. The lowest BCUT2D eigenvalue weighted by Gasteiger charge is -2.05. The first-order valence-electron chi connectivity index (χ1n) is 7.44. The number of urea groups is 1. The van der Waals surface area contributed by atoms with Gasteiger partial charge in [0.25, 0.3) is 0 Å². The van der Waals surface area contributed by atoms with Crippen molar-refractivity contribution in [2.75, 3.05) is 10.6 Å². The van der Waals surface area contributed by atoms with Crippen LogP contribution in [0.3, 0.4) is 0 Å². The van der Waals surface area contributed by atoms with Crippen molar-refractivity contribution in [3.63, 3.8) is 0 Å². The van der Waals surface area contributed by atoms with Crippen molar-refractivity contribution >= 4 is 51.5 Å². The molecule has 2 amide bonds. The van der Waals surface area contributed by atoms with Gasteiger partial charge in [-0.15, -0.1) is 10.2 Å². The number of amides is 2. The van der Waals surface area contributed by atoms with E-state index >= 15 is 0 Å². The van der Waals surface area contributed by atoms with Crippen molar-refractivity contribution in [3.8, 4) is 0 Å². The molecular formula is C17H15ClN4OS2. The van der Waals surface area contributed by atoms with E-state index in [1.165, 1.54) is 23.1 Å². The minimum absolute atomic E-state index is 0.345. The molecule has 0 saturated carbocycles. The summed E-state index contributed by atoms with van der Waals surface area (Å²) in [6.45, 7) is 1.99. The summed E-state index contributed by atoms with van der Waals surface area (Å²) >= 11 is 9.00. The molecule has 0 aliphatic carbocycles. The van der Waals surface area contributed by atoms with Gasteiger partial charge in [-0.25, -0.2) is 4.79 Å². The number of carbonyl (C=O) groups excluding carboxylic acids is 1. The van der Waals surface area contributed by atoms with Crippen LogP contribution in [0.4, 0.5) is 15.6 Å². The number of aryl methyl sites for hydroxylation is 1. The molecule has 0 aliphatic rings. The van der Waals surface area contributed by atoms with E-state index in [9.17, 15) is 4.79 Å². The third kappa shape index (κ3) is 5.19. The molecule has 2 aromatic carbocycles. The Bertz CT molecular complexity index is 867. The highest BCUT2D eigenvalue weighted by Crippen LogP contribution is 2.30. The minimum Gasteiger partial charge on any atom is -0.308 e. The summed E-state index contributed by atoms with van der Waals surface area (Å²) < 4.78 is 0.769. The molecule has 128 valence electrons. The first-order chi connectivity index (χ1) is 12.1. The van der Waals surface area contributed by atoms with Crippen molar-refractivity contribution in [1.82, 2.24) is 10.2 Å². The zero-order chi connectivity index (χ0) is 17.6. The molecule has 3 rings (SSSR count). The van der Waals surface area contributed by atoms with Gasteiger partial charge in [0.15, 0.2) is 4.34 Å². The highest BCUT2D eigenvalue weighted by atomic mass is 35.5. The van der Waals surface area contributed by atoms with E-state index in [1.54, 1.807) is 0 Å². The van der Waals surface area contributed by atoms with Crippen LogP contribution in [0.25, 0.3) is 0 Å². The fourth-order valence-electron chi connectivity index (χ4n) is 1.97. The van der Waals surface area contributed by atoms with E-state index in [2.05, 4.69) is 20.8 Å². The summed E-state index contributed by atoms with van der Waals surface area (Å²) in [5, 5.41) is 14.7. The second-order valence-corrected chi connectivity index (χ2v) is 7.81. The average molecular weight is 391 g/mol.